The van der Waals surface area contributed by atoms with Crippen molar-refractivity contribution >= 4 is 0 Å². The molecule has 3 aromatic rings. The number of rotatable bonds is 5. The number of phenolic OH excluding ortho intramolecular Hbond substituents is 1. The van der Waals surface area contributed by atoms with Gasteiger partial charge in [-0.05, 0) is 30.3 Å². The number of aromatic hydroxyl groups is 1. The van der Waals surface area contributed by atoms with E-state index in [1.165, 1.54) is 32.0 Å². The number of aromatic amines is 1. The van der Waals surface area contributed by atoms with Crippen LogP contribution in [-0.4, -0.2) is 41.2 Å². The van der Waals surface area contributed by atoms with E-state index in [2.05, 4.69) is 10.2 Å². The Morgan fingerprint density at radius 3 is 2.36 bits per heavy atom. The summed E-state index contributed by atoms with van der Waals surface area (Å²) in [7, 11) is 4.51. The first-order chi connectivity index (χ1) is 12.1. The van der Waals surface area contributed by atoms with Crippen LogP contribution in [0.15, 0.2) is 41.2 Å². The SMILES string of the molecule is COc1cc(-c2n[nH]c(=O)n2-c2ccc(OC)c(OC)c2)ccc1O. The molecule has 0 amide bonds. The number of H-pyrrole nitrogens is 1. The lowest BCUT2D eigenvalue weighted by atomic mass is 10.2. The fourth-order valence-electron chi connectivity index (χ4n) is 2.51. The predicted octanol–water partition coefficient (Wildman–Crippen LogP) is 1.96. The summed E-state index contributed by atoms with van der Waals surface area (Å²) in [5.41, 5.74) is 0.746. The number of phenols is 1. The van der Waals surface area contributed by atoms with Crippen LogP contribution in [0.25, 0.3) is 17.1 Å². The molecule has 130 valence electrons. The van der Waals surface area contributed by atoms with Crippen LogP contribution in [0.5, 0.6) is 23.0 Å². The number of ether oxygens (including phenoxy) is 3. The van der Waals surface area contributed by atoms with E-state index in [-0.39, 0.29) is 11.5 Å². The second kappa shape index (κ2) is 6.60. The van der Waals surface area contributed by atoms with Gasteiger partial charge in [0.15, 0.2) is 28.8 Å². The zero-order chi connectivity index (χ0) is 18.0. The van der Waals surface area contributed by atoms with Crippen LogP contribution in [0, 0.1) is 0 Å². The fraction of sp³-hybridized carbons (Fsp3) is 0.176. The summed E-state index contributed by atoms with van der Waals surface area (Å²) in [5.74, 6) is 1.70. The molecule has 0 saturated carbocycles. The Morgan fingerprint density at radius 2 is 1.68 bits per heavy atom. The Kier molecular flexibility index (Phi) is 4.34. The minimum atomic E-state index is -0.408. The average molecular weight is 343 g/mol. The number of hydrogen-bond donors (Lipinski definition) is 2. The molecule has 0 aliphatic rings. The summed E-state index contributed by atoms with van der Waals surface area (Å²) in [5, 5.41) is 16.3. The van der Waals surface area contributed by atoms with Crippen LogP contribution in [0.2, 0.25) is 0 Å². The standard InChI is InChI=1S/C17H17N3O5/c1-23-13-7-5-11(9-15(13)25-3)20-16(18-19-17(20)22)10-4-6-12(21)14(8-10)24-2/h4-9,21H,1-3H3,(H,19,22). The molecule has 0 saturated heterocycles. The van der Waals surface area contributed by atoms with Gasteiger partial charge in [-0.3, -0.25) is 0 Å². The van der Waals surface area contributed by atoms with Gasteiger partial charge in [0.2, 0.25) is 0 Å². The van der Waals surface area contributed by atoms with Crippen molar-refractivity contribution in [3.63, 3.8) is 0 Å². The molecule has 0 aliphatic carbocycles. The lowest BCUT2D eigenvalue weighted by Crippen LogP contribution is -2.15. The Labute approximate surface area is 143 Å². The number of aromatic nitrogens is 3. The van der Waals surface area contributed by atoms with Crippen LogP contribution in [0.1, 0.15) is 0 Å². The quantitative estimate of drug-likeness (QED) is 0.735. The van der Waals surface area contributed by atoms with Crippen molar-refractivity contribution in [2.75, 3.05) is 21.3 Å². The molecule has 0 radical (unpaired) electrons. The maximum Gasteiger partial charge on any atom is 0.348 e. The highest BCUT2D eigenvalue weighted by Crippen LogP contribution is 2.33. The Bertz CT molecular complexity index is 961. The van der Waals surface area contributed by atoms with Gasteiger partial charge in [0.05, 0.1) is 27.0 Å². The largest absolute Gasteiger partial charge is 0.504 e. The van der Waals surface area contributed by atoms with Crippen molar-refractivity contribution in [2.45, 2.75) is 0 Å². The van der Waals surface area contributed by atoms with Crippen LogP contribution >= 0.6 is 0 Å². The molecular formula is C17H17N3O5. The van der Waals surface area contributed by atoms with E-state index in [9.17, 15) is 9.90 Å². The second-order valence-corrected chi connectivity index (χ2v) is 5.11. The molecule has 25 heavy (non-hydrogen) atoms. The van der Waals surface area contributed by atoms with Gasteiger partial charge in [-0.15, -0.1) is 0 Å². The topological polar surface area (TPSA) is 98.6 Å². The summed E-state index contributed by atoms with van der Waals surface area (Å²) in [6.07, 6.45) is 0. The molecule has 0 spiro atoms. The molecule has 3 rings (SSSR count). The van der Waals surface area contributed by atoms with E-state index in [1.807, 2.05) is 0 Å². The maximum absolute atomic E-state index is 12.3. The maximum atomic E-state index is 12.3. The van der Waals surface area contributed by atoms with E-state index < -0.39 is 5.69 Å². The van der Waals surface area contributed by atoms with Gasteiger partial charge in [0.25, 0.3) is 0 Å². The highest BCUT2D eigenvalue weighted by atomic mass is 16.5. The molecule has 0 bridgehead atoms. The van der Waals surface area contributed by atoms with Crippen molar-refractivity contribution in [1.29, 1.82) is 0 Å². The monoisotopic (exact) mass is 343 g/mol. The number of methoxy groups -OCH3 is 3. The second-order valence-electron chi connectivity index (χ2n) is 5.11. The van der Waals surface area contributed by atoms with Crippen LogP contribution in [0.4, 0.5) is 0 Å². The van der Waals surface area contributed by atoms with Crippen molar-refractivity contribution < 1.29 is 19.3 Å². The number of hydrogen-bond acceptors (Lipinski definition) is 6. The Balaban J connectivity index is 2.17. The van der Waals surface area contributed by atoms with E-state index in [4.69, 9.17) is 14.2 Å². The van der Waals surface area contributed by atoms with Gasteiger partial charge < -0.3 is 19.3 Å². The van der Waals surface area contributed by atoms with Gasteiger partial charge in [-0.25, -0.2) is 14.5 Å². The molecule has 0 unspecified atom stereocenters. The summed E-state index contributed by atoms with van der Waals surface area (Å²) >= 11 is 0. The molecule has 1 heterocycles. The first-order valence-electron chi connectivity index (χ1n) is 7.36. The smallest absolute Gasteiger partial charge is 0.348 e. The number of nitrogens with zero attached hydrogens (tertiary/aromatic N) is 2. The first kappa shape index (κ1) is 16.4. The molecule has 2 N–H and O–H groups in total. The van der Waals surface area contributed by atoms with E-state index >= 15 is 0 Å². The molecule has 0 fully saturated rings. The summed E-state index contributed by atoms with van der Waals surface area (Å²) < 4.78 is 17.0. The van der Waals surface area contributed by atoms with Crippen molar-refractivity contribution in [3.8, 4) is 40.1 Å². The molecule has 8 nitrogen and oxygen atoms in total. The third kappa shape index (κ3) is 2.89. The molecule has 2 aromatic carbocycles. The minimum absolute atomic E-state index is 0.00167. The Morgan fingerprint density at radius 1 is 0.960 bits per heavy atom. The molecule has 0 aliphatic heterocycles. The first-order valence-corrected chi connectivity index (χ1v) is 7.36. The summed E-state index contributed by atoms with van der Waals surface area (Å²) in [4.78, 5) is 12.3. The average Bonchev–Trinajstić information content (AvgIpc) is 3.03. The van der Waals surface area contributed by atoms with Crippen molar-refractivity contribution in [3.05, 3.63) is 46.9 Å². The summed E-state index contributed by atoms with van der Waals surface area (Å²) in [6, 6.07) is 9.82. The van der Waals surface area contributed by atoms with E-state index in [0.29, 0.717) is 28.6 Å². The lowest BCUT2D eigenvalue weighted by Gasteiger charge is -2.11. The zero-order valence-corrected chi connectivity index (χ0v) is 13.9. The minimum Gasteiger partial charge on any atom is -0.504 e. The number of benzene rings is 2. The third-order valence-corrected chi connectivity index (χ3v) is 3.74. The van der Waals surface area contributed by atoms with E-state index in [1.54, 1.807) is 30.3 Å². The molecular weight excluding hydrogens is 326 g/mol. The number of nitrogens with one attached hydrogen (secondary N) is 1. The predicted molar refractivity (Wildman–Crippen MR) is 90.9 cm³/mol. The van der Waals surface area contributed by atoms with Crippen molar-refractivity contribution in [2.24, 2.45) is 0 Å². The molecule has 1 aromatic heterocycles. The van der Waals surface area contributed by atoms with Gasteiger partial charge >= 0.3 is 5.69 Å². The highest BCUT2D eigenvalue weighted by Gasteiger charge is 2.16. The van der Waals surface area contributed by atoms with Crippen LogP contribution in [-0.2, 0) is 0 Å². The van der Waals surface area contributed by atoms with Gasteiger partial charge in [0.1, 0.15) is 0 Å². The fourth-order valence-corrected chi connectivity index (χ4v) is 2.51. The van der Waals surface area contributed by atoms with Gasteiger partial charge in [-0.2, -0.15) is 5.10 Å². The normalized spacial score (nSPS) is 10.5. The summed E-state index contributed by atoms with van der Waals surface area (Å²) in [6.45, 7) is 0. The van der Waals surface area contributed by atoms with Gasteiger partial charge in [-0.1, -0.05) is 0 Å². The zero-order valence-electron chi connectivity index (χ0n) is 13.9. The third-order valence-electron chi connectivity index (χ3n) is 3.74. The molecule has 0 atom stereocenters. The van der Waals surface area contributed by atoms with E-state index in [0.717, 1.165) is 0 Å². The Hall–Kier alpha value is -3.42. The van der Waals surface area contributed by atoms with Crippen LogP contribution < -0.4 is 19.9 Å². The highest BCUT2D eigenvalue weighted by molar-refractivity contribution is 5.63. The van der Waals surface area contributed by atoms with Gasteiger partial charge in [0, 0.05) is 11.6 Å². The van der Waals surface area contributed by atoms with Crippen molar-refractivity contribution in [1.82, 2.24) is 14.8 Å². The molecule has 8 heteroatoms. The van der Waals surface area contributed by atoms with Crippen LogP contribution in [0.3, 0.4) is 0 Å². The lowest BCUT2D eigenvalue weighted by molar-refractivity contribution is 0.355.